The van der Waals surface area contributed by atoms with Crippen molar-refractivity contribution in [2.75, 3.05) is 0 Å². The first-order valence-electron chi connectivity index (χ1n) is 15.1. The van der Waals surface area contributed by atoms with Crippen LogP contribution in [-0.4, -0.2) is 16.7 Å². The number of aromatic nitrogens is 1. The molecule has 0 spiro atoms. The van der Waals surface area contributed by atoms with Gasteiger partial charge in [-0.25, -0.2) is 9.98 Å². The van der Waals surface area contributed by atoms with Crippen LogP contribution in [-0.2, 0) is 0 Å². The molecule has 1 aliphatic rings. The van der Waals surface area contributed by atoms with Gasteiger partial charge >= 0.3 is 0 Å². The van der Waals surface area contributed by atoms with Crippen molar-refractivity contribution < 1.29 is 4.42 Å². The van der Waals surface area contributed by atoms with Gasteiger partial charge in [-0.05, 0) is 56.4 Å². The van der Waals surface area contributed by atoms with Crippen molar-refractivity contribution in [3.63, 3.8) is 0 Å². The molecule has 6 aromatic carbocycles. The minimum absolute atomic E-state index is 0.331. The van der Waals surface area contributed by atoms with E-state index in [2.05, 4.69) is 115 Å². The predicted octanol–water partition coefficient (Wildman–Crippen LogP) is 9.45. The molecule has 5 heteroatoms. The third-order valence-electron chi connectivity index (χ3n) is 8.58. The fourth-order valence-corrected chi connectivity index (χ4v) is 6.37. The maximum atomic E-state index is 6.34. The average molecular weight is 579 g/mol. The van der Waals surface area contributed by atoms with Gasteiger partial charge in [0.05, 0.1) is 5.39 Å². The van der Waals surface area contributed by atoms with Gasteiger partial charge in [-0.3, -0.25) is 4.98 Å². The highest BCUT2D eigenvalue weighted by atomic mass is 16.3. The summed E-state index contributed by atoms with van der Waals surface area (Å²) in [6, 6.07) is 48.3. The Bertz CT molecular complexity index is 2450. The number of fused-ring (bicyclic) bond motifs is 5. The van der Waals surface area contributed by atoms with E-state index in [1.54, 1.807) is 6.20 Å². The number of benzene rings is 6. The molecule has 0 amide bonds. The lowest BCUT2D eigenvalue weighted by atomic mass is 9.97. The van der Waals surface area contributed by atoms with E-state index in [1.807, 2.05) is 30.3 Å². The molecular formula is C40H26N4O. The second-order valence-electron chi connectivity index (χ2n) is 11.3. The lowest BCUT2D eigenvalue weighted by molar-refractivity contribution is 0.668. The molecule has 1 unspecified atom stereocenters. The van der Waals surface area contributed by atoms with E-state index in [0.717, 1.165) is 55.2 Å². The van der Waals surface area contributed by atoms with Crippen molar-refractivity contribution in [1.82, 2.24) is 10.3 Å². The van der Waals surface area contributed by atoms with Crippen LogP contribution in [0.25, 0.3) is 54.6 Å². The van der Waals surface area contributed by atoms with E-state index in [4.69, 9.17) is 19.4 Å². The topological polar surface area (TPSA) is 62.8 Å². The summed E-state index contributed by atoms with van der Waals surface area (Å²) in [5.74, 6) is 1.31. The summed E-state index contributed by atoms with van der Waals surface area (Å²) < 4.78 is 6.34. The molecule has 0 radical (unpaired) electrons. The van der Waals surface area contributed by atoms with E-state index in [1.165, 1.54) is 16.3 Å². The Morgan fingerprint density at radius 2 is 1.29 bits per heavy atom. The van der Waals surface area contributed by atoms with Crippen molar-refractivity contribution >= 4 is 55.2 Å². The quantitative estimate of drug-likeness (QED) is 0.226. The molecule has 5 nitrogen and oxygen atoms in total. The van der Waals surface area contributed by atoms with Crippen LogP contribution in [0.3, 0.4) is 0 Å². The van der Waals surface area contributed by atoms with Crippen LogP contribution in [0.1, 0.15) is 23.0 Å². The standard InChI is InChI=1S/C40H26N4O/c1-2-10-27(11-3-1)38-42-39(28-19-17-26(18-20-28)32-16-8-14-25-9-6-7-15-31(25)32)44-40(43-38)37-36-33-23-29-12-4-5-13-30(29)24-35(33)45-34(36)21-22-41-37/h1-24,38H,(H,42,43,44). The number of rotatable bonds is 4. The summed E-state index contributed by atoms with van der Waals surface area (Å²) in [6.45, 7) is 0. The molecule has 0 aliphatic carbocycles. The Hall–Kier alpha value is -6.07. The molecule has 45 heavy (non-hydrogen) atoms. The minimum atomic E-state index is -0.331. The van der Waals surface area contributed by atoms with E-state index < -0.39 is 0 Å². The van der Waals surface area contributed by atoms with Crippen LogP contribution in [0.15, 0.2) is 160 Å². The fraction of sp³-hybridized carbons (Fsp3) is 0.0250. The number of nitrogens with zero attached hydrogens (tertiary/aromatic N) is 3. The van der Waals surface area contributed by atoms with Gasteiger partial charge in [-0.2, -0.15) is 0 Å². The lowest BCUT2D eigenvalue weighted by Gasteiger charge is -2.23. The first kappa shape index (κ1) is 25.4. The summed E-state index contributed by atoms with van der Waals surface area (Å²) in [4.78, 5) is 15.1. The number of aliphatic imine (C=N–C) groups is 2. The Balaban J connectivity index is 1.19. The molecular weight excluding hydrogens is 552 g/mol. The number of amidine groups is 2. The lowest BCUT2D eigenvalue weighted by Crippen LogP contribution is -2.33. The molecule has 212 valence electrons. The zero-order valence-corrected chi connectivity index (χ0v) is 24.2. The second kappa shape index (κ2) is 10.3. The van der Waals surface area contributed by atoms with Crippen molar-refractivity contribution in [2.45, 2.75) is 6.17 Å². The molecule has 3 heterocycles. The van der Waals surface area contributed by atoms with Crippen LogP contribution in [0.2, 0.25) is 0 Å². The Labute approximate surface area is 259 Å². The monoisotopic (exact) mass is 578 g/mol. The van der Waals surface area contributed by atoms with Crippen LogP contribution in [0.4, 0.5) is 0 Å². The molecule has 0 saturated heterocycles. The summed E-state index contributed by atoms with van der Waals surface area (Å²) in [5, 5.41) is 10.2. The van der Waals surface area contributed by atoms with Gasteiger partial charge in [0, 0.05) is 17.1 Å². The van der Waals surface area contributed by atoms with Gasteiger partial charge in [-0.1, -0.05) is 121 Å². The van der Waals surface area contributed by atoms with Crippen molar-refractivity contribution in [2.24, 2.45) is 9.98 Å². The highest BCUT2D eigenvalue weighted by Gasteiger charge is 2.24. The molecule has 0 fully saturated rings. The largest absolute Gasteiger partial charge is 0.456 e. The summed E-state index contributed by atoms with van der Waals surface area (Å²) >= 11 is 0. The maximum absolute atomic E-state index is 6.34. The maximum Gasteiger partial charge on any atom is 0.178 e. The number of furan rings is 1. The van der Waals surface area contributed by atoms with Gasteiger partial charge < -0.3 is 9.73 Å². The van der Waals surface area contributed by atoms with E-state index in [0.29, 0.717) is 11.5 Å². The Morgan fingerprint density at radius 1 is 0.578 bits per heavy atom. The minimum Gasteiger partial charge on any atom is -0.456 e. The first-order valence-corrected chi connectivity index (χ1v) is 15.1. The van der Waals surface area contributed by atoms with Gasteiger partial charge in [0.1, 0.15) is 28.9 Å². The highest BCUT2D eigenvalue weighted by molar-refractivity contribution is 6.22. The Kier molecular flexibility index (Phi) is 5.81. The number of pyridine rings is 1. The predicted molar refractivity (Wildman–Crippen MR) is 184 cm³/mol. The van der Waals surface area contributed by atoms with Crippen LogP contribution < -0.4 is 5.32 Å². The van der Waals surface area contributed by atoms with Crippen LogP contribution >= 0.6 is 0 Å². The van der Waals surface area contributed by atoms with Gasteiger partial charge in [0.25, 0.3) is 0 Å². The van der Waals surface area contributed by atoms with Crippen molar-refractivity contribution in [3.05, 3.63) is 163 Å². The van der Waals surface area contributed by atoms with Crippen molar-refractivity contribution in [3.8, 4) is 11.1 Å². The van der Waals surface area contributed by atoms with Gasteiger partial charge in [0.2, 0.25) is 0 Å². The fourth-order valence-electron chi connectivity index (χ4n) is 6.37. The number of hydrogen-bond donors (Lipinski definition) is 1. The van der Waals surface area contributed by atoms with Crippen LogP contribution in [0.5, 0.6) is 0 Å². The number of hydrogen-bond acceptors (Lipinski definition) is 5. The van der Waals surface area contributed by atoms with E-state index in [9.17, 15) is 0 Å². The van der Waals surface area contributed by atoms with Crippen LogP contribution in [0, 0.1) is 0 Å². The molecule has 1 atom stereocenters. The number of nitrogens with one attached hydrogen (secondary N) is 1. The normalized spacial score (nSPS) is 14.9. The Morgan fingerprint density at radius 3 is 2.13 bits per heavy atom. The molecule has 8 aromatic rings. The molecule has 0 bridgehead atoms. The van der Waals surface area contributed by atoms with Gasteiger partial charge in [-0.15, -0.1) is 0 Å². The molecule has 1 aliphatic heterocycles. The second-order valence-corrected chi connectivity index (χ2v) is 11.3. The SMILES string of the molecule is c1ccc(C2N=C(c3nccc4oc5cc6ccccc6cc5c34)N=C(c3ccc(-c4cccc5ccccc45)cc3)N2)cc1. The third-order valence-corrected chi connectivity index (χ3v) is 8.58. The molecule has 2 aromatic heterocycles. The van der Waals surface area contributed by atoms with E-state index >= 15 is 0 Å². The van der Waals surface area contributed by atoms with Crippen molar-refractivity contribution in [1.29, 1.82) is 0 Å². The third kappa shape index (κ3) is 4.36. The first-order chi connectivity index (χ1) is 22.3. The zero-order chi connectivity index (χ0) is 29.7. The highest BCUT2D eigenvalue weighted by Crippen LogP contribution is 2.35. The molecule has 9 rings (SSSR count). The smallest absolute Gasteiger partial charge is 0.178 e. The zero-order valence-electron chi connectivity index (χ0n) is 24.2. The average Bonchev–Trinajstić information content (AvgIpc) is 3.48. The summed E-state index contributed by atoms with van der Waals surface area (Å²) in [5.41, 5.74) is 6.67. The van der Waals surface area contributed by atoms with E-state index in [-0.39, 0.29) is 6.17 Å². The summed E-state index contributed by atoms with van der Waals surface area (Å²) in [6.07, 6.45) is 1.44. The van der Waals surface area contributed by atoms with Gasteiger partial charge in [0.15, 0.2) is 5.84 Å². The molecule has 0 saturated carbocycles. The summed E-state index contributed by atoms with van der Waals surface area (Å²) in [7, 11) is 0. The molecule has 1 N–H and O–H groups in total.